The molecule has 0 unspecified atom stereocenters. The standard InChI is InChI=1S/C18H28N4O6/c19-8-2-1-3-14(17(26)22-15(10-23)18(27)28)21-16(25)13(20)9-11-4-6-12(24)7-5-11/h4-7,13-15,23-24H,1-3,8-10,19-20H2,(H,21,25)(H,22,26)(H,27,28)/t13-,14-,15-/m0/s1. The summed E-state index contributed by atoms with van der Waals surface area (Å²) in [7, 11) is 0. The molecule has 0 aliphatic rings. The third-order valence-electron chi connectivity index (χ3n) is 4.11. The second-order valence-electron chi connectivity index (χ2n) is 6.40. The second kappa shape index (κ2) is 11.9. The smallest absolute Gasteiger partial charge is 0.328 e. The van der Waals surface area contributed by atoms with E-state index in [1.54, 1.807) is 12.1 Å². The molecule has 0 heterocycles. The molecular formula is C18H28N4O6. The Morgan fingerprint density at radius 3 is 2.14 bits per heavy atom. The number of rotatable bonds is 12. The van der Waals surface area contributed by atoms with E-state index in [1.807, 2.05) is 0 Å². The molecule has 1 aromatic carbocycles. The number of carbonyl (C=O) groups excluding carboxylic acids is 2. The van der Waals surface area contributed by atoms with Gasteiger partial charge in [-0.15, -0.1) is 0 Å². The number of aliphatic carboxylic acids is 1. The maximum atomic E-state index is 12.4. The molecule has 0 fully saturated rings. The quantitative estimate of drug-likeness (QED) is 0.206. The van der Waals surface area contributed by atoms with Crippen molar-refractivity contribution in [2.24, 2.45) is 11.5 Å². The van der Waals surface area contributed by atoms with Crippen LogP contribution >= 0.6 is 0 Å². The van der Waals surface area contributed by atoms with E-state index in [1.165, 1.54) is 12.1 Å². The topological polar surface area (TPSA) is 188 Å². The fourth-order valence-corrected chi connectivity index (χ4v) is 2.48. The molecule has 2 amide bonds. The summed E-state index contributed by atoms with van der Waals surface area (Å²) in [5.41, 5.74) is 12.1. The number of carboxylic acid groups (broad SMARTS) is 1. The molecule has 0 aliphatic heterocycles. The molecule has 1 aromatic rings. The minimum atomic E-state index is -1.47. The molecule has 0 saturated heterocycles. The molecule has 10 nitrogen and oxygen atoms in total. The van der Waals surface area contributed by atoms with E-state index in [9.17, 15) is 19.5 Å². The Labute approximate surface area is 162 Å². The van der Waals surface area contributed by atoms with Crippen LogP contribution in [-0.2, 0) is 20.8 Å². The van der Waals surface area contributed by atoms with Crippen LogP contribution in [0.25, 0.3) is 0 Å². The molecule has 0 spiro atoms. The van der Waals surface area contributed by atoms with Gasteiger partial charge < -0.3 is 37.4 Å². The van der Waals surface area contributed by atoms with E-state index in [2.05, 4.69) is 10.6 Å². The summed E-state index contributed by atoms with van der Waals surface area (Å²) in [5.74, 6) is -2.58. The number of phenols is 1. The van der Waals surface area contributed by atoms with Gasteiger partial charge in [0.2, 0.25) is 11.8 Å². The van der Waals surface area contributed by atoms with Crippen LogP contribution < -0.4 is 22.1 Å². The van der Waals surface area contributed by atoms with Crippen molar-refractivity contribution in [1.29, 1.82) is 0 Å². The number of benzene rings is 1. The Morgan fingerprint density at radius 2 is 1.61 bits per heavy atom. The van der Waals surface area contributed by atoms with Gasteiger partial charge in [-0.2, -0.15) is 0 Å². The van der Waals surface area contributed by atoms with Crippen LogP contribution in [0.1, 0.15) is 24.8 Å². The van der Waals surface area contributed by atoms with Gasteiger partial charge in [0.15, 0.2) is 0 Å². The van der Waals surface area contributed by atoms with Crippen LogP contribution in [0.5, 0.6) is 5.75 Å². The molecule has 1 rings (SSSR count). The number of amides is 2. The monoisotopic (exact) mass is 396 g/mol. The molecule has 10 heteroatoms. The first-order valence-electron chi connectivity index (χ1n) is 8.96. The molecule has 9 N–H and O–H groups in total. The second-order valence-corrected chi connectivity index (χ2v) is 6.40. The lowest BCUT2D eigenvalue weighted by molar-refractivity contribution is -0.143. The number of aromatic hydroxyl groups is 1. The van der Waals surface area contributed by atoms with Gasteiger partial charge in [-0.3, -0.25) is 9.59 Å². The van der Waals surface area contributed by atoms with Crippen molar-refractivity contribution in [3.63, 3.8) is 0 Å². The van der Waals surface area contributed by atoms with Crippen molar-refractivity contribution in [1.82, 2.24) is 10.6 Å². The Hall–Kier alpha value is -2.69. The van der Waals surface area contributed by atoms with Gasteiger partial charge in [-0.25, -0.2) is 4.79 Å². The lowest BCUT2D eigenvalue weighted by atomic mass is 10.0. The van der Waals surface area contributed by atoms with Crippen LogP contribution in [0.4, 0.5) is 0 Å². The number of aliphatic hydroxyl groups is 1. The van der Waals surface area contributed by atoms with Crippen molar-refractivity contribution in [3.8, 4) is 5.75 Å². The van der Waals surface area contributed by atoms with E-state index < -0.39 is 42.5 Å². The zero-order valence-electron chi connectivity index (χ0n) is 15.5. The largest absolute Gasteiger partial charge is 0.508 e. The molecule has 0 saturated carbocycles. The van der Waals surface area contributed by atoms with Gasteiger partial charge in [0, 0.05) is 0 Å². The highest BCUT2D eigenvalue weighted by Crippen LogP contribution is 2.11. The van der Waals surface area contributed by atoms with E-state index in [4.69, 9.17) is 21.7 Å². The Kier molecular flexibility index (Phi) is 9.93. The van der Waals surface area contributed by atoms with Gasteiger partial charge >= 0.3 is 5.97 Å². The maximum Gasteiger partial charge on any atom is 0.328 e. The minimum Gasteiger partial charge on any atom is -0.508 e. The zero-order valence-corrected chi connectivity index (χ0v) is 15.5. The highest BCUT2D eigenvalue weighted by Gasteiger charge is 2.27. The summed E-state index contributed by atoms with van der Waals surface area (Å²) in [4.78, 5) is 35.8. The first kappa shape index (κ1) is 23.3. The summed E-state index contributed by atoms with van der Waals surface area (Å²) in [5, 5.41) is 32.0. The number of hydrogen-bond acceptors (Lipinski definition) is 7. The molecule has 0 aromatic heterocycles. The van der Waals surface area contributed by atoms with E-state index in [0.717, 1.165) is 5.56 Å². The normalized spacial score (nSPS) is 14.0. The van der Waals surface area contributed by atoms with Crippen LogP contribution in [-0.4, -0.2) is 64.4 Å². The predicted octanol–water partition coefficient (Wildman–Crippen LogP) is -1.56. The van der Waals surface area contributed by atoms with Crippen LogP contribution in [0.3, 0.4) is 0 Å². The summed E-state index contributed by atoms with van der Waals surface area (Å²) in [6.45, 7) is -0.359. The number of carbonyl (C=O) groups is 3. The predicted molar refractivity (Wildman–Crippen MR) is 101 cm³/mol. The third kappa shape index (κ3) is 7.91. The number of nitrogens with one attached hydrogen (secondary N) is 2. The average Bonchev–Trinajstić information content (AvgIpc) is 2.66. The van der Waals surface area contributed by atoms with Gasteiger partial charge in [-0.05, 0) is 49.9 Å². The zero-order chi connectivity index (χ0) is 21.1. The summed E-state index contributed by atoms with van der Waals surface area (Å²) >= 11 is 0. The molecular weight excluding hydrogens is 368 g/mol. The Bertz CT molecular complexity index is 652. The van der Waals surface area contributed by atoms with Gasteiger partial charge in [-0.1, -0.05) is 12.1 Å². The molecule has 28 heavy (non-hydrogen) atoms. The van der Waals surface area contributed by atoms with E-state index in [0.29, 0.717) is 19.4 Å². The van der Waals surface area contributed by atoms with E-state index >= 15 is 0 Å². The highest BCUT2D eigenvalue weighted by atomic mass is 16.4. The number of carboxylic acids is 1. The summed E-state index contributed by atoms with van der Waals surface area (Å²) in [6, 6.07) is 2.81. The van der Waals surface area contributed by atoms with Gasteiger partial charge in [0.25, 0.3) is 0 Å². The minimum absolute atomic E-state index is 0.0929. The molecule has 3 atom stereocenters. The maximum absolute atomic E-state index is 12.4. The number of nitrogens with two attached hydrogens (primary N) is 2. The van der Waals surface area contributed by atoms with Crippen LogP contribution in [0.2, 0.25) is 0 Å². The van der Waals surface area contributed by atoms with Crippen molar-refractivity contribution in [3.05, 3.63) is 29.8 Å². The molecule has 156 valence electrons. The fraction of sp³-hybridized carbons (Fsp3) is 0.500. The van der Waals surface area contributed by atoms with Crippen molar-refractivity contribution < 1.29 is 29.7 Å². The first-order chi connectivity index (χ1) is 13.3. The van der Waals surface area contributed by atoms with Gasteiger partial charge in [0.1, 0.15) is 17.8 Å². The Morgan fingerprint density at radius 1 is 1.00 bits per heavy atom. The van der Waals surface area contributed by atoms with Gasteiger partial charge in [0.05, 0.1) is 12.6 Å². The molecule has 0 aliphatic carbocycles. The lowest BCUT2D eigenvalue weighted by Crippen LogP contribution is -2.55. The third-order valence-corrected chi connectivity index (χ3v) is 4.11. The molecule has 0 bridgehead atoms. The number of unbranched alkanes of at least 4 members (excludes halogenated alkanes) is 1. The lowest BCUT2D eigenvalue weighted by Gasteiger charge is -2.22. The highest BCUT2D eigenvalue weighted by molar-refractivity contribution is 5.91. The number of hydrogen-bond donors (Lipinski definition) is 7. The fourth-order valence-electron chi connectivity index (χ4n) is 2.48. The molecule has 0 radical (unpaired) electrons. The van der Waals surface area contributed by atoms with Crippen molar-refractivity contribution in [2.75, 3.05) is 13.2 Å². The average molecular weight is 396 g/mol. The van der Waals surface area contributed by atoms with Crippen molar-refractivity contribution in [2.45, 2.75) is 43.8 Å². The number of aliphatic hydroxyl groups excluding tert-OH is 1. The van der Waals surface area contributed by atoms with Crippen LogP contribution in [0.15, 0.2) is 24.3 Å². The van der Waals surface area contributed by atoms with Crippen LogP contribution in [0, 0.1) is 0 Å². The van der Waals surface area contributed by atoms with Crippen molar-refractivity contribution >= 4 is 17.8 Å². The Balaban J connectivity index is 2.74. The summed E-state index contributed by atoms with van der Waals surface area (Å²) < 4.78 is 0. The summed E-state index contributed by atoms with van der Waals surface area (Å²) in [6.07, 6.45) is 1.61. The number of phenolic OH excluding ortho intramolecular Hbond substituents is 1. The SMILES string of the molecule is NCCCC[C@H](NC(=O)[C@@H](N)Cc1ccc(O)cc1)C(=O)N[C@@H](CO)C(=O)O. The van der Waals surface area contributed by atoms with E-state index in [-0.39, 0.29) is 18.6 Å². The first-order valence-corrected chi connectivity index (χ1v) is 8.96.